The van der Waals surface area contributed by atoms with Crippen LogP contribution in [0.4, 0.5) is 0 Å². The number of ether oxygens (including phenoxy) is 1. The third kappa shape index (κ3) is 3.54. The molecular formula is C10H5Cl3O3. The van der Waals surface area contributed by atoms with Crippen LogP contribution in [0, 0.1) is 0 Å². The predicted octanol–water partition coefficient (Wildman–Crippen LogP) is 2.81. The molecule has 0 unspecified atom stereocenters. The third-order valence-corrected chi connectivity index (χ3v) is 2.19. The van der Waals surface area contributed by atoms with E-state index in [1.165, 1.54) is 18.1 Å². The van der Waals surface area contributed by atoms with Gasteiger partial charge in [-0.25, -0.2) is 9.59 Å². The summed E-state index contributed by atoms with van der Waals surface area (Å²) in [4.78, 5) is 20.9. The monoisotopic (exact) mass is 278 g/mol. The molecule has 3 nitrogen and oxygen atoms in total. The summed E-state index contributed by atoms with van der Waals surface area (Å²) >= 11 is 17.0. The molecule has 0 heterocycles. The Bertz CT molecular complexity index is 445. The van der Waals surface area contributed by atoms with Gasteiger partial charge in [0.15, 0.2) is 0 Å². The zero-order valence-electron chi connectivity index (χ0n) is 7.75. The van der Waals surface area contributed by atoms with E-state index >= 15 is 0 Å². The molecule has 16 heavy (non-hydrogen) atoms. The number of carbonyl (C=O) groups excluding carboxylic acids is 2. The van der Waals surface area contributed by atoms with Crippen molar-refractivity contribution in [2.24, 2.45) is 0 Å². The van der Waals surface area contributed by atoms with Crippen molar-refractivity contribution in [1.82, 2.24) is 0 Å². The van der Waals surface area contributed by atoms with Gasteiger partial charge in [-0.2, -0.15) is 0 Å². The Hall–Kier alpha value is -0.990. The van der Waals surface area contributed by atoms with E-state index < -0.39 is 9.76 Å². The average molecular weight is 280 g/mol. The largest absolute Gasteiger partial charge is 0.422 e. The van der Waals surface area contributed by atoms with E-state index in [4.69, 9.17) is 39.5 Å². The molecule has 0 fully saturated rings. The van der Waals surface area contributed by atoms with Crippen LogP contribution >= 0.6 is 34.8 Å². The summed E-state index contributed by atoms with van der Waals surface area (Å²) in [6.45, 7) is 0. The second-order valence-electron chi connectivity index (χ2n) is 2.68. The average Bonchev–Trinajstić information content (AvgIpc) is 2.17. The molecule has 1 aromatic carbocycles. The van der Waals surface area contributed by atoms with Crippen molar-refractivity contribution in [3.05, 3.63) is 35.9 Å². The van der Waals surface area contributed by atoms with Crippen molar-refractivity contribution in [3.63, 3.8) is 0 Å². The minimum absolute atomic E-state index is 0.0824. The number of hydrogen-bond donors (Lipinski definition) is 0. The second-order valence-corrected chi connectivity index (χ2v) is 4.96. The van der Waals surface area contributed by atoms with E-state index in [0.29, 0.717) is 6.08 Å². The van der Waals surface area contributed by atoms with Gasteiger partial charge in [-0.15, -0.1) is 0 Å². The Morgan fingerprint density at radius 2 is 1.94 bits per heavy atom. The highest BCUT2D eigenvalue weighted by Crippen LogP contribution is 2.42. The third-order valence-electron chi connectivity index (χ3n) is 1.58. The summed E-state index contributed by atoms with van der Waals surface area (Å²) in [6, 6.07) is 6.19. The normalized spacial score (nSPS) is 10.4. The maximum Gasteiger partial charge on any atom is 0.347 e. The molecule has 0 aliphatic carbocycles. The number of carbonyl (C=O) groups is 1. The standard InChI is InChI=1S/C10H5Cl3O3/c11-10(12,13)7-3-1-2-4-8(7)16-9(15)5-6-14/h1-5H. The zero-order chi connectivity index (χ0) is 12.2. The van der Waals surface area contributed by atoms with Crippen molar-refractivity contribution >= 4 is 46.7 Å². The van der Waals surface area contributed by atoms with Crippen LogP contribution in [0.15, 0.2) is 30.3 Å². The van der Waals surface area contributed by atoms with E-state index in [-0.39, 0.29) is 11.3 Å². The molecule has 0 amide bonds. The molecule has 0 aromatic heterocycles. The maximum atomic E-state index is 11.0. The highest BCUT2D eigenvalue weighted by Gasteiger charge is 2.27. The first kappa shape index (κ1) is 13.1. The van der Waals surface area contributed by atoms with Gasteiger partial charge in [-0.3, -0.25) is 0 Å². The zero-order valence-corrected chi connectivity index (χ0v) is 10.0. The molecule has 1 aromatic rings. The molecule has 6 heteroatoms. The SMILES string of the molecule is O=C=CC(=O)Oc1ccccc1C(Cl)(Cl)Cl. The summed E-state index contributed by atoms with van der Waals surface area (Å²) in [5, 5.41) is 0. The van der Waals surface area contributed by atoms with E-state index in [2.05, 4.69) is 0 Å². The molecule has 0 radical (unpaired) electrons. The van der Waals surface area contributed by atoms with Gasteiger partial charge in [-0.1, -0.05) is 53.0 Å². The minimum Gasteiger partial charge on any atom is -0.422 e. The van der Waals surface area contributed by atoms with Crippen LogP contribution in [0.5, 0.6) is 5.75 Å². The van der Waals surface area contributed by atoms with Crippen molar-refractivity contribution in [1.29, 1.82) is 0 Å². The van der Waals surface area contributed by atoms with Gasteiger partial charge in [-0.05, 0) is 6.07 Å². The minimum atomic E-state index is -1.71. The van der Waals surface area contributed by atoms with Crippen LogP contribution in [0.3, 0.4) is 0 Å². The maximum absolute atomic E-state index is 11.0. The lowest BCUT2D eigenvalue weighted by atomic mass is 10.2. The fourth-order valence-electron chi connectivity index (χ4n) is 0.976. The highest BCUT2D eigenvalue weighted by atomic mass is 35.6. The Kier molecular flexibility index (Phi) is 4.39. The van der Waals surface area contributed by atoms with E-state index in [1.54, 1.807) is 12.1 Å². The molecular weight excluding hydrogens is 274 g/mol. The van der Waals surface area contributed by atoms with Crippen molar-refractivity contribution in [2.45, 2.75) is 3.79 Å². The first-order valence-corrected chi connectivity index (χ1v) is 5.17. The lowest BCUT2D eigenvalue weighted by Crippen LogP contribution is -2.09. The summed E-state index contributed by atoms with van der Waals surface area (Å²) < 4.78 is 3.10. The molecule has 84 valence electrons. The van der Waals surface area contributed by atoms with E-state index in [1.807, 2.05) is 0 Å². The van der Waals surface area contributed by atoms with Gasteiger partial charge < -0.3 is 4.74 Å². The first-order valence-electron chi connectivity index (χ1n) is 4.04. The Morgan fingerprint density at radius 3 is 2.50 bits per heavy atom. The molecule has 1 rings (SSSR count). The van der Waals surface area contributed by atoms with Crippen LogP contribution in [0.25, 0.3) is 0 Å². The van der Waals surface area contributed by atoms with Gasteiger partial charge in [0, 0.05) is 5.56 Å². The molecule has 0 saturated heterocycles. The molecule has 0 atom stereocenters. The van der Waals surface area contributed by atoms with Crippen molar-refractivity contribution in [2.75, 3.05) is 0 Å². The second kappa shape index (κ2) is 5.37. The fraction of sp³-hybridized carbons (Fsp3) is 0.100. The van der Waals surface area contributed by atoms with E-state index in [0.717, 1.165) is 0 Å². The molecule has 0 bridgehead atoms. The lowest BCUT2D eigenvalue weighted by Gasteiger charge is -2.14. The predicted molar refractivity (Wildman–Crippen MR) is 61.6 cm³/mol. The molecule has 0 N–H and O–H groups in total. The van der Waals surface area contributed by atoms with Gasteiger partial charge in [0.2, 0.25) is 3.79 Å². The summed E-state index contributed by atoms with van der Waals surface area (Å²) in [5.41, 5.74) is 0.215. The van der Waals surface area contributed by atoms with Gasteiger partial charge >= 0.3 is 5.97 Å². The number of alkyl halides is 3. The first-order chi connectivity index (χ1) is 7.45. The summed E-state index contributed by atoms with van der Waals surface area (Å²) in [7, 11) is 0. The quantitative estimate of drug-likeness (QED) is 0.275. The van der Waals surface area contributed by atoms with Crippen LogP contribution in [-0.2, 0) is 13.4 Å². The summed E-state index contributed by atoms with van der Waals surface area (Å²) in [5.74, 6) is 0.502. The van der Waals surface area contributed by atoms with Crippen molar-refractivity contribution in [3.8, 4) is 5.75 Å². The number of esters is 1. The topological polar surface area (TPSA) is 43.4 Å². The number of benzene rings is 1. The van der Waals surface area contributed by atoms with Crippen LogP contribution < -0.4 is 4.74 Å². The number of rotatable bonds is 2. The molecule has 0 aliphatic rings. The molecule has 0 saturated carbocycles. The number of para-hydroxylation sites is 1. The lowest BCUT2D eigenvalue weighted by molar-refractivity contribution is -0.128. The number of halogens is 3. The van der Waals surface area contributed by atoms with Crippen molar-refractivity contribution < 1.29 is 14.3 Å². The Morgan fingerprint density at radius 1 is 1.31 bits per heavy atom. The van der Waals surface area contributed by atoms with Gasteiger partial charge in [0.25, 0.3) is 0 Å². The molecule has 0 spiro atoms. The fourth-order valence-corrected chi connectivity index (χ4v) is 1.44. The highest BCUT2D eigenvalue weighted by molar-refractivity contribution is 6.66. The van der Waals surface area contributed by atoms with Gasteiger partial charge in [0.05, 0.1) is 0 Å². The Balaban J connectivity index is 3.05. The summed E-state index contributed by atoms with van der Waals surface area (Å²) in [6.07, 6.45) is 0.606. The number of hydrogen-bond acceptors (Lipinski definition) is 3. The van der Waals surface area contributed by atoms with Crippen LogP contribution in [-0.4, -0.2) is 11.9 Å². The Labute approximate surface area is 107 Å². The molecule has 0 aliphatic heterocycles. The smallest absolute Gasteiger partial charge is 0.347 e. The van der Waals surface area contributed by atoms with Crippen LogP contribution in [0.1, 0.15) is 5.56 Å². The van der Waals surface area contributed by atoms with Gasteiger partial charge in [0.1, 0.15) is 17.8 Å². The van der Waals surface area contributed by atoms with Crippen LogP contribution in [0.2, 0.25) is 0 Å². The van der Waals surface area contributed by atoms with E-state index in [9.17, 15) is 9.59 Å².